The van der Waals surface area contributed by atoms with Crippen molar-refractivity contribution in [1.29, 1.82) is 0 Å². The maximum Gasteiger partial charge on any atom is 0.0989 e. The number of nitrogens with two attached hydrogens (primary N) is 1. The molecule has 0 bridgehead atoms. The van der Waals surface area contributed by atoms with Crippen LogP contribution in [-0.2, 0) is 0 Å². The first-order valence-corrected chi connectivity index (χ1v) is 3.63. The van der Waals surface area contributed by atoms with Crippen LogP contribution in [0, 0.1) is 0 Å². The Morgan fingerprint density at radius 3 is 2.00 bits per heavy atom. The highest BCUT2D eigenvalue weighted by atomic mass is 16.3. The molecule has 5 nitrogen and oxygen atoms in total. The fourth-order valence-electron chi connectivity index (χ4n) is 1.32. The van der Waals surface area contributed by atoms with Crippen molar-refractivity contribution < 1.29 is 15.3 Å². The lowest BCUT2D eigenvalue weighted by Gasteiger charge is -2.12. The zero-order chi connectivity index (χ0) is 8.43. The minimum absolute atomic E-state index is 0.186. The third-order valence-corrected chi connectivity index (χ3v) is 2.05. The highest BCUT2D eigenvalue weighted by Crippen LogP contribution is 2.12. The van der Waals surface area contributed by atoms with Gasteiger partial charge >= 0.3 is 0 Å². The van der Waals surface area contributed by atoms with Crippen LogP contribution < -0.4 is 11.1 Å². The maximum atomic E-state index is 9.26. The van der Waals surface area contributed by atoms with E-state index in [1.807, 2.05) is 0 Å². The molecule has 1 rings (SSSR count). The number of rotatable bonds is 2. The summed E-state index contributed by atoms with van der Waals surface area (Å²) in [5, 5.41) is 30.0. The van der Waals surface area contributed by atoms with Gasteiger partial charge in [-0.25, -0.2) is 0 Å². The van der Waals surface area contributed by atoms with Crippen LogP contribution in [-0.4, -0.2) is 52.8 Å². The molecule has 0 aromatic heterocycles. The second-order valence-corrected chi connectivity index (χ2v) is 2.78. The largest absolute Gasteiger partial charge is 0.395 e. The van der Waals surface area contributed by atoms with Crippen molar-refractivity contribution in [3.63, 3.8) is 0 Å². The van der Waals surface area contributed by atoms with E-state index in [-0.39, 0.29) is 19.2 Å². The van der Waals surface area contributed by atoms with Gasteiger partial charge in [0.1, 0.15) is 0 Å². The van der Waals surface area contributed by atoms with Crippen molar-refractivity contribution in [3.8, 4) is 0 Å². The van der Waals surface area contributed by atoms with Crippen LogP contribution in [0.4, 0.5) is 0 Å². The zero-order valence-electron chi connectivity index (χ0n) is 6.14. The van der Waals surface area contributed by atoms with Crippen molar-refractivity contribution in [3.05, 3.63) is 0 Å². The lowest BCUT2D eigenvalue weighted by atomic mass is 10.1. The van der Waals surface area contributed by atoms with Gasteiger partial charge in [0.25, 0.3) is 0 Å². The van der Waals surface area contributed by atoms with Gasteiger partial charge in [0.05, 0.1) is 24.9 Å². The Kier molecular flexibility index (Phi) is 2.80. The van der Waals surface area contributed by atoms with Gasteiger partial charge in [0.2, 0.25) is 0 Å². The normalized spacial score (nSPS) is 44.7. The topological polar surface area (TPSA) is 98.7 Å². The van der Waals surface area contributed by atoms with Crippen LogP contribution in [0.25, 0.3) is 0 Å². The van der Waals surface area contributed by atoms with E-state index in [0.717, 1.165) is 0 Å². The van der Waals surface area contributed by atoms with Gasteiger partial charge in [-0.1, -0.05) is 0 Å². The molecule has 0 unspecified atom stereocenters. The molecule has 0 amide bonds. The number of aliphatic hydroxyl groups excluding tert-OH is 3. The molecule has 0 radical (unpaired) electrons. The van der Waals surface area contributed by atoms with Gasteiger partial charge in [-0.3, -0.25) is 0 Å². The number of aliphatic hydroxyl groups is 3. The molecule has 0 saturated carbocycles. The molecule has 4 atom stereocenters. The quantitative estimate of drug-likeness (QED) is 0.298. The SMILES string of the molecule is NC[C@H]1N[C@@H](CO)[C@@H](O)[C@H]1O. The van der Waals surface area contributed by atoms with Gasteiger partial charge in [0, 0.05) is 12.6 Å². The highest BCUT2D eigenvalue weighted by Gasteiger charge is 2.39. The fourth-order valence-corrected chi connectivity index (χ4v) is 1.32. The lowest BCUT2D eigenvalue weighted by Crippen LogP contribution is -2.40. The van der Waals surface area contributed by atoms with E-state index >= 15 is 0 Å². The summed E-state index contributed by atoms with van der Waals surface area (Å²) >= 11 is 0. The summed E-state index contributed by atoms with van der Waals surface area (Å²) in [6, 6.07) is -0.749. The summed E-state index contributed by atoms with van der Waals surface area (Å²) in [5.74, 6) is 0. The Balaban J connectivity index is 2.53. The predicted octanol–water partition coefficient (Wildman–Crippen LogP) is -3.00. The number of hydrogen-bond acceptors (Lipinski definition) is 5. The van der Waals surface area contributed by atoms with Crippen molar-refractivity contribution in [2.45, 2.75) is 24.3 Å². The van der Waals surface area contributed by atoms with Crippen molar-refractivity contribution >= 4 is 0 Å². The van der Waals surface area contributed by atoms with E-state index in [0.29, 0.717) is 0 Å². The summed E-state index contributed by atoms with van der Waals surface area (Å²) in [5.41, 5.74) is 5.29. The first kappa shape index (κ1) is 8.89. The minimum Gasteiger partial charge on any atom is -0.395 e. The minimum atomic E-state index is -0.909. The van der Waals surface area contributed by atoms with E-state index < -0.39 is 18.2 Å². The lowest BCUT2D eigenvalue weighted by molar-refractivity contribution is 0.0205. The van der Waals surface area contributed by atoms with E-state index in [9.17, 15) is 10.2 Å². The van der Waals surface area contributed by atoms with E-state index in [2.05, 4.69) is 5.32 Å². The summed E-state index contributed by atoms with van der Waals surface area (Å²) in [7, 11) is 0. The fraction of sp³-hybridized carbons (Fsp3) is 1.00. The summed E-state index contributed by atoms with van der Waals surface area (Å²) in [6.45, 7) is 0.0729. The average molecular weight is 162 g/mol. The second-order valence-electron chi connectivity index (χ2n) is 2.78. The Bertz CT molecular complexity index is 115. The standard InChI is InChI=1S/C6H14N2O3/c7-1-3-5(10)6(11)4(2-9)8-3/h3-6,8-11H,1-2,7H2/t3-,4+,5+,6-/m1/s1. The molecule has 66 valence electrons. The highest BCUT2D eigenvalue weighted by molar-refractivity contribution is 4.98. The molecule has 0 aromatic rings. The van der Waals surface area contributed by atoms with Crippen LogP contribution in [0.2, 0.25) is 0 Å². The van der Waals surface area contributed by atoms with Gasteiger partial charge in [-0.05, 0) is 0 Å². The Morgan fingerprint density at radius 2 is 1.73 bits per heavy atom. The molecule has 6 N–H and O–H groups in total. The summed E-state index contributed by atoms with van der Waals surface area (Å²) in [4.78, 5) is 0. The molecular formula is C6H14N2O3. The van der Waals surface area contributed by atoms with Gasteiger partial charge in [-0.2, -0.15) is 0 Å². The molecule has 1 fully saturated rings. The summed E-state index contributed by atoms with van der Waals surface area (Å²) in [6.07, 6.45) is -1.77. The summed E-state index contributed by atoms with van der Waals surface area (Å²) < 4.78 is 0. The Labute approximate surface area is 64.8 Å². The smallest absolute Gasteiger partial charge is 0.0989 e. The molecule has 0 spiro atoms. The average Bonchev–Trinajstić information content (AvgIpc) is 2.30. The van der Waals surface area contributed by atoms with Crippen molar-refractivity contribution in [2.75, 3.05) is 13.2 Å². The van der Waals surface area contributed by atoms with Crippen LogP contribution in [0.5, 0.6) is 0 Å². The van der Waals surface area contributed by atoms with Crippen LogP contribution in [0.1, 0.15) is 0 Å². The Morgan fingerprint density at radius 1 is 1.18 bits per heavy atom. The molecule has 1 aliphatic rings. The van der Waals surface area contributed by atoms with Gasteiger partial charge < -0.3 is 26.4 Å². The van der Waals surface area contributed by atoms with Crippen LogP contribution >= 0.6 is 0 Å². The molecule has 1 heterocycles. The number of nitrogens with one attached hydrogen (secondary N) is 1. The molecule has 1 saturated heterocycles. The van der Waals surface area contributed by atoms with E-state index in [1.54, 1.807) is 0 Å². The monoisotopic (exact) mass is 162 g/mol. The van der Waals surface area contributed by atoms with Crippen molar-refractivity contribution in [2.24, 2.45) is 5.73 Å². The van der Waals surface area contributed by atoms with E-state index in [4.69, 9.17) is 10.8 Å². The molecule has 0 aromatic carbocycles. The van der Waals surface area contributed by atoms with Crippen LogP contribution in [0.3, 0.4) is 0 Å². The van der Waals surface area contributed by atoms with Gasteiger partial charge in [0.15, 0.2) is 0 Å². The predicted molar refractivity (Wildman–Crippen MR) is 38.9 cm³/mol. The molecule has 5 heteroatoms. The molecule has 11 heavy (non-hydrogen) atoms. The number of hydrogen-bond donors (Lipinski definition) is 5. The maximum absolute atomic E-state index is 9.26. The van der Waals surface area contributed by atoms with Gasteiger partial charge in [-0.15, -0.1) is 0 Å². The Hall–Kier alpha value is -0.200. The molecular weight excluding hydrogens is 148 g/mol. The van der Waals surface area contributed by atoms with Crippen LogP contribution in [0.15, 0.2) is 0 Å². The first-order chi connectivity index (χ1) is 5.20. The third-order valence-electron chi connectivity index (χ3n) is 2.05. The zero-order valence-corrected chi connectivity index (χ0v) is 6.14. The third kappa shape index (κ3) is 1.52. The van der Waals surface area contributed by atoms with E-state index in [1.165, 1.54) is 0 Å². The molecule has 0 aliphatic carbocycles. The van der Waals surface area contributed by atoms with Crippen molar-refractivity contribution in [1.82, 2.24) is 5.32 Å². The second kappa shape index (κ2) is 3.46. The first-order valence-electron chi connectivity index (χ1n) is 3.63. The molecule has 1 aliphatic heterocycles.